The lowest BCUT2D eigenvalue weighted by atomic mass is 9.76. The number of unbranched alkanes of at least 4 members (excludes halogenated alkanes) is 2. The Morgan fingerprint density at radius 2 is 2.00 bits per heavy atom. The van der Waals surface area contributed by atoms with Crippen LogP contribution >= 0.6 is 0 Å². The van der Waals surface area contributed by atoms with Gasteiger partial charge in [0.2, 0.25) is 0 Å². The summed E-state index contributed by atoms with van der Waals surface area (Å²) in [4.78, 5) is 0. The van der Waals surface area contributed by atoms with Gasteiger partial charge >= 0.3 is 0 Å². The van der Waals surface area contributed by atoms with Crippen LogP contribution in [0.1, 0.15) is 71.1 Å². The molecule has 2 heteroatoms. The van der Waals surface area contributed by atoms with Gasteiger partial charge in [0.05, 0.1) is 0 Å². The van der Waals surface area contributed by atoms with E-state index in [2.05, 4.69) is 18.3 Å². The maximum Gasteiger partial charge on any atom is 0.0239 e. The topological polar surface area (TPSA) is 38.0 Å². The third-order valence-corrected chi connectivity index (χ3v) is 4.48. The standard InChI is InChI=1S/C16H30N2/c1-3-5-7-9-16(18-17)15-12-10-14(11-13-15)8-6-4-2/h1,14-16,18H,4-13,17H2,2H3. The lowest BCUT2D eigenvalue weighted by Gasteiger charge is -2.33. The van der Waals surface area contributed by atoms with Gasteiger partial charge in [0.1, 0.15) is 0 Å². The molecule has 0 bridgehead atoms. The number of hydrogen-bond donors (Lipinski definition) is 2. The molecule has 3 N–H and O–H groups in total. The molecule has 1 rings (SSSR count). The van der Waals surface area contributed by atoms with Crippen LogP contribution in [0.15, 0.2) is 0 Å². The summed E-state index contributed by atoms with van der Waals surface area (Å²) in [7, 11) is 0. The highest BCUT2D eigenvalue weighted by Crippen LogP contribution is 2.34. The molecule has 0 amide bonds. The molecule has 18 heavy (non-hydrogen) atoms. The van der Waals surface area contributed by atoms with E-state index in [9.17, 15) is 0 Å². The fraction of sp³-hybridized carbons (Fsp3) is 0.875. The molecule has 0 aromatic carbocycles. The van der Waals surface area contributed by atoms with Crippen molar-refractivity contribution in [2.24, 2.45) is 17.7 Å². The second-order valence-corrected chi connectivity index (χ2v) is 5.79. The highest BCUT2D eigenvalue weighted by atomic mass is 15.2. The fourth-order valence-electron chi connectivity index (χ4n) is 3.25. The molecule has 0 heterocycles. The largest absolute Gasteiger partial charge is 0.271 e. The zero-order valence-electron chi connectivity index (χ0n) is 12.0. The van der Waals surface area contributed by atoms with E-state index in [4.69, 9.17) is 12.3 Å². The minimum atomic E-state index is 0.477. The lowest BCUT2D eigenvalue weighted by Crippen LogP contribution is -2.42. The molecule has 0 aromatic rings. The van der Waals surface area contributed by atoms with Gasteiger partial charge in [-0.2, -0.15) is 0 Å². The van der Waals surface area contributed by atoms with Crippen LogP contribution in [0.3, 0.4) is 0 Å². The Morgan fingerprint density at radius 3 is 2.56 bits per heavy atom. The normalized spacial score (nSPS) is 25.6. The van der Waals surface area contributed by atoms with Crippen LogP contribution in [0.2, 0.25) is 0 Å². The van der Waals surface area contributed by atoms with Gasteiger partial charge in [-0.15, -0.1) is 12.3 Å². The van der Waals surface area contributed by atoms with Crippen LogP contribution in [0.25, 0.3) is 0 Å². The smallest absolute Gasteiger partial charge is 0.0239 e. The third-order valence-electron chi connectivity index (χ3n) is 4.48. The molecule has 1 aliphatic rings. The van der Waals surface area contributed by atoms with Gasteiger partial charge < -0.3 is 0 Å². The average Bonchev–Trinajstić information content (AvgIpc) is 2.42. The first-order valence-corrected chi connectivity index (χ1v) is 7.71. The number of terminal acetylenes is 1. The predicted octanol–water partition coefficient (Wildman–Crippen LogP) is 3.62. The fourth-order valence-corrected chi connectivity index (χ4v) is 3.25. The van der Waals surface area contributed by atoms with Crippen LogP contribution in [-0.2, 0) is 0 Å². The molecular weight excluding hydrogens is 220 g/mol. The van der Waals surface area contributed by atoms with E-state index in [1.165, 1.54) is 44.9 Å². The zero-order valence-corrected chi connectivity index (χ0v) is 12.0. The van der Waals surface area contributed by atoms with Gasteiger partial charge in [-0.05, 0) is 37.5 Å². The van der Waals surface area contributed by atoms with Crippen molar-refractivity contribution in [1.82, 2.24) is 5.43 Å². The maximum atomic E-state index is 5.70. The summed E-state index contributed by atoms with van der Waals surface area (Å²) >= 11 is 0. The van der Waals surface area contributed by atoms with Gasteiger partial charge in [0, 0.05) is 12.5 Å². The number of rotatable bonds is 8. The Morgan fingerprint density at radius 1 is 1.28 bits per heavy atom. The molecule has 1 atom stereocenters. The quantitative estimate of drug-likeness (QED) is 0.299. The van der Waals surface area contributed by atoms with Crippen LogP contribution in [-0.4, -0.2) is 6.04 Å². The van der Waals surface area contributed by atoms with Crippen LogP contribution in [0.5, 0.6) is 0 Å². The molecule has 1 saturated carbocycles. The highest BCUT2D eigenvalue weighted by molar-refractivity contribution is 4.86. The zero-order chi connectivity index (χ0) is 13.2. The highest BCUT2D eigenvalue weighted by Gasteiger charge is 2.26. The Bertz CT molecular complexity index is 236. The minimum Gasteiger partial charge on any atom is -0.271 e. The molecule has 1 unspecified atom stereocenters. The molecule has 2 nitrogen and oxygen atoms in total. The Hall–Kier alpha value is -0.520. The molecule has 0 aromatic heterocycles. The summed E-state index contributed by atoms with van der Waals surface area (Å²) in [6.07, 6.45) is 18.1. The first-order chi connectivity index (χ1) is 8.81. The molecule has 0 saturated heterocycles. The predicted molar refractivity (Wildman–Crippen MR) is 78.8 cm³/mol. The molecule has 1 aliphatic carbocycles. The second kappa shape index (κ2) is 9.42. The van der Waals surface area contributed by atoms with Crippen molar-refractivity contribution >= 4 is 0 Å². The summed E-state index contributed by atoms with van der Waals surface area (Å²) in [6, 6.07) is 0.477. The van der Waals surface area contributed by atoms with Crippen molar-refractivity contribution in [1.29, 1.82) is 0 Å². The number of nitrogens with one attached hydrogen (secondary N) is 1. The number of hydrazine groups is 1. The molecular formula is C16H30N2. The van der Waals surface area contributed by atoms with E-state index in [1.807, 2.05) is 0 Å². The SMILES string of the molecule is C#CCCCC(NN)C1CCC(CCCC)CC1. The molecule has 1 fully saturated rings. The average molecular weight is 250 g/mol. The van der Waals surface area contributed by atoms with Gasteiger partial charge in [-0.1, -0.05) is 39.0 Å². The molecule has 0 aliphatic heterocycles. The van der Waals surface area contributed by atoms with E-state index >= 15 is 0 Å². The molecule has 104 valence electrons. The Balaban J connectivity index is 2.24. The molecule has 0 radical (unpaired) electrons. The summed E-state index contributed by atoms with van der Waals surface area (Å²) < 4.78 is 0. The van der Waals surface area contributed by atoms with E-state index in [0.29, 0.717) is 6.04 Å². The first-order valence-electron chi connectivity index (χ1n) is 7.71. The Labute approximate surface area is 113 Å². The van der Waals surface area contributed by atoms with E-state index in [1.54, 1.807) is 0 Å². The van der Waals surface area contributed by atoms with Crippen molar-refractivity contribution in [3.05, 3.63) is 0 Å². The third kappa shape index (κ3) is 5.42. The van der Waals surface area contributed by atoms with Crippen LogP contribution in [0.4, 0.5) is 0 Å². The summed E-state index contributed by atoms with van der Waals surface area (Å²) in [5, 5.41) is 0. The first kappa shape index (κ1) is 15.5. The Kier molecular flexibility index (Phi) is 8.13. The van der Waals surface area contributed by atoms with Crippen LogP contribution < -0.4 is 11.3 Å². The number of hydrogen-bond acceptors (Lipinski definition) is 2. The number of nitrogens with two attached hydrogens (primary N) is 1. The van der Waals surface area contributed by atoms with Crippen molar-refractivity contribution in [2.75, 3.05) is 0 Å². The molecule has 0 spiro atoms. The minimum absolute atomic E-state index is 0.477. The van der Waals surface area contributed by atoms with Crippen LogP contribution in [0, 0.1) is 24.2 Å². The van der Waals surface area contributed by atoms with E-state index < -0.39 is 0 Å². The van der Waals surface area contributed by atoms with E-state index in [0.717, 1.165) is 31.1 Å². The van der Waals surface area contributed by atoms with Gasteiger partial charge in [0.25, 0.3) is 0 Å². The van der Waals surface area contributed by atoms with E-state index in [-0.39, 0.29) is 0 Å². The van der Waals surface area contributed by atoms with Crippen molar-refractivity contribution in [3.8, 4) is 12.3 Å². The van der Waals surface area contributed by atoms with Crippen molar-refractivity contribution in [3.63, 3.8) is 0 Å². The lowest BCUT2D eigenvalue weighted by molar-refractivity contribution is 0.205. The van der Waals surface area contributed by atoms with Crippen molar-refractivity contribution < 1.29 is 0 Å². The maximum absolute atomic E-state index is 5.70. The van der Waals surface area contributed by atoms with Gasteiger partial charge in [0.15, 0.2) is 0 Å². The van der Waals surface area contributed by atoms with Gasteiger partial charge in [-0.25, -0.2) is 0 Å². The second-order valence-electron chi connectivity index (χ2n) is 5.79. The summed E-state index contributed by atoms with van der Waals surface area (Å²) in [6.45, 7) is 2.28. The summed E-state index contributed by atoms with van der Waals surface area (Å²) in [5.74, 6) is 10.2. The summed E-state index contributed by atoms with van der Waals surface area (Å²) in [5.41, 5.74) is 3.02. The monoisotopic (exact) mass is 250 g/mol. The van der Waals surface area contributed by atoms with Crippen molar-refractivity contribution in [2.45, 2.75) is 77.2 Å². The van der Waals surface area contributed by atoms with Gasteiger partial charge in [-0.3, -0.25) is 11.3 Å².